The SMILES string of the molecule is CCN(c1nccc(C)c1N)C1CCCC1. The van der Waals surface area contributed by atoms with Crippen LogP contribution >= 0.6 is 0 Å². The van der Waals surface area contributed by atoms with Gasteiger partial charge < -0.3 is 10.6 Å². The molecule has 0 spiro atoms. The number of pyridine rings is 1. The van der Waals surface area contributed by atoms with E-state index in [1.54, 1.807) is 0 Å². The van der Waals surface area contributed by atoms with Crippen molar-refractivity contribution in [3.8, 4) is 0 Å². The van der Waals surface area contributed by atoms with Gasteiger partial charge >= 0.3 is 0 Å². The van der Waals surface area contributed by atoms with E-state index in [1.165, 1.54) is 25.7 Å². The van der Waals surface area contributed by atoms with E-state index < -0.39 is 0 Å². The molecule has 1 saturated carbocycles. The van der Waals surface area contributed by atoms with E-state index in [2.05, 4.69) is 16.8 Å². The second-order valence-electron chi connectivity index (χ2n) is 4.59. The van der Waals surface area contributed by atoms with E-state index in [0.717, 1.165) is 23.6 Å². The van der Waals surface area contributed by atoms with Crippen LogP contribution in [0.5, 0.6) is 0 Å². The Bertz CT molecular complexity index is 356. The van der Waals surface area contributed by atoms with Gasteiger partial charge in [-0.15, -0.1) is 0 Å². The zero-order valence-electron chi connectivity index (χ0n) is 10.2. The summed E-state index contributed by atoms with van der Waals surface area (Å²) >= 11 is 0. The number of aromatic nitrogens is 1. The maximum atomic E-state index is 6.12. The quantitative estimate of drug-likeness (QED) is 0.850. The lowest BCUT2D eigenvalue weighted by molar-refractivity contribution is 0.614. The largest absolute Gasteiger partial charge is 0.396 e. The summed E-state index contributed by atoms with van der Waals surface area (Å²) in [4.78, 5) is 6.83. The Balaban J connectivity index is 2.28. The second kappa shape index (κ2) is 4.73. The summed E-state index contributed by atoms with van der Waals surface area (Å²) in [5.74, 6) is 0.981. The summed E-state index contributed by atoms with van der Waals surface area (Å²) in [6, 6.07) is 2.61. The predicted molar refractivity (Wildman–Crippen MR) is 68.7 cm³/mol. The van der Waals surface area contributed by atoms with Gasteiger partial charge in [0.1, 0.15) is 0 Å². The van der Waals surface area contributed by atoms with Crippen molar-refractivity contribution in [3.63, 3.8) is 0 Å². The molecule has 88 valence electrons. The van der Waals surface area contributed by atoms with Crippen molar-refractivity contribution in [3.05, 3.63) is 17.8 Å². The molecule has 1 aromatic rings. The first-order valence-electron chi connectivity index (χ1n) is 6.21. The summed E-state index contributed by atoms with van der Waals surface area (Å²) in [6.45, 7) is 5.22. The van der Waals surface area contributed by atoms with Crippen LogP contribution in [-0.2, 0) is 0 Å². The third-order valence-electron chi connectivity index (χ3n) is 3.57. The predicted octanol–water partition coefficient (Wildman–Crippen LogP) is 2.74. The number of hydrogen-bond acceptors (Lipinski definition) is 3. The van der Waals surface area contributed by atoms with Crippen molar-refractivity contribution in [1.29, 1.82) is 0 Å². The van der Waals surface area contributed by atoms with Crippen LogP contribution in [0.2, 0.25) is 0 Å². The van der Waals surface area contributed by atoms with E-state index in [-0.39, 0.29) is 0 Å². The smallest absolute Gasteiger partial charge is 0.152 e. The Hall–Kier alpha value is -1.25. The minimum atomic E-state index is 0.640. The topological polar surface area (TPSA) is 42.2 Å². The number of rotatable bonds is 3. The van der Waals surface area contributed by atoms with Crippen molar-refractivity contribution in [2.75, 3.05) is 17.2 Å². The number of nitrogen functional groups attached to an aromatic ring is 1. The first kappa shape index (κ1) is 11.2. The normalized spacial score (nSPS) is 16.6. The summed E-state index contributed by atoms with van der Waals surface area (Å²) in [5, 5.41) is 0. The van der Waals surface area contributed by atoms with Gasteiger partial charge in [0.25, 0.3) is 0 Å². The van der Waals surface area contributed by atoms with Gasteiger partial charge in [0.05, 0.1) is 5.69 Å². The Labute approximate surface area is 97.7 Å². The third kappa shape index (κ3) is 1.99. The van der Waals surface area contributed by atoms with Crippen LogP contribution in [0.1, 0.15) is 38.2 Å². The highest BCUT2D eigenvalue weighted by atomic mass is 15.2. The molecule has 3 heteroatoms. The molecular formula is C13H21N3. The first-order valence-corrected chi connectivity index (χ1v) is 6.21. The van der Waals surface area contributed by atoms with Crippen molar-refractivity contribution in [2.45, 2.75) is 45.6 Å². The van der Waals surface area contributed by atoms with E-state index >= 15 is 0 Å². The second-order valence-corrected chi connectivity index (χ2v) is 4.59. The molecule has 0 unspecified atom stereocenters. The average molecular weight is 219 g/mol. The first-order chi connectivity index (χ1) is 7.74. The number of nitrogens with zero attached hydrogens (tertiary/aromatic N) is 2. The molecule has 0 aliphatic heterocycles. The van der Waals surface area contributed by atoms with E-state index in [4.69, 9.17) is 5.73 Å². The molecule has 0 aromatic carbocycles. The fourth-order valence-corrected chi connectivity index (χ4v) is 2.58. The van der Waals surface area contributed by atoms with Gasteiger partial charge in [-0.1, -0.05) is 12.8 Å². The Kier molecular flexibility index (Phi) is 3.32. The highest BCUT2D eigenvalue weighted by Gasteiger charge is 2.23. The minimum absolute atomic E-state index is 0.640. The average Bonchev–Trinajstić information content (AvgIpc) is 2.79. The standard InChI is InChI=1S/C13H21N3/c1-3-16(11-6-4-5-7-11)13-12(14)10(2)8-9-15-13/h8-9,11H,3-7,14H2,1-2H3. The lowest BCUT2D eigenvalue weighted by Gasteiger charge is -2.30. The van der Waals surface area contributed by atoms with Gasteiger partial charge in [-0.05, 0) is 38.3 Å². The molecule has 2 N–H and O–H groups in total. The molecule has 1 aromatic heterocycles. The maximum Gasteiger partial charge on any atom is 0.152 e. The molecular weight excluding hydrogens is 198 g/mol. The number of anilines is 2. The van der Waals surface area contributed by atoms with E-state index in [0.29, 0.717) is 6.04 Å². The fraction of sp³-hybridized carbons (Fsp3) is 0.615. The molecule has 2 rings (SSSR count). The number of hydrogen-bond donors (Lipinski definition) is 1. The van der Waals surface area contributed by atoms with Crippen LogP contribution in [0.3, 0.4) is 0 Å². The Morgan fingerprint density at radius 2 is 2.12 bits per heavy atom. The zero-order valence-corrected chi connectivity index (χ0v) is 10.2. The van der Waals surface area contributed by atoms with Crippen molar-refractivity contribution in [1.82, 2.24) is 4.98 Å². The maximum absolute atomic E-state index is 6.12. The molecule has 16 heavy (non-hydrogen) atoms. The number of aryl methyl sites for hydroxylation is 1. The molecule has 1 aliphatic carbocycles. The van der Waals surface area contributed by atoms with Crippen molar-refractivity contribution in [2.24, 2.45) is 0 Å². The monoisotopic (exact) mass is 219 g/mol. The Morgan fingerprint density at radius 1 is 1.44 bits per heavy atom. The third-order valence-corrected chi connectivity index (χ3v) is 3.57. The minimum Gasteiger partial charge on any atom is -0.396 e. The summed E-state index contributed by atoms with van der Waals surface area (Å²) in [5.41, 5.74) is 8.09. The highest BCUT2D eigenvalue weighted by Crippen LogP contribution is 2.31. The zero-order chi connectivity index (χ0) is 11.5. The van der Waals surface area contributed by atoms with E-state index in [9.17, 15) is 0 Å². The molecule has 3 nitrogen and oxygen atoms in total. The highest BCUT2D eigenvalue weighted by molar-refractivity contribution is 5.66. The molecule has 0 bridgehead atoms. The van der Waals surface area contributed by atoms with Gasteiger partial charge in [0, 0.05) is 18.8 Å². The van der Waals surface area contributed by atoms with Crippen LogP contribution in [-0.4, -0.2) is 17.6 Å². The molecule has 1 aliphatic rings. The Morgan fingerprint density at radius 3 is 2.75 bits per heavy atom. The van der Waals surface area contributed by atoms with Crippen LogP contribution in [0, 0.1) is 6.92 Å². The van der Waals surface area contributed by atoms with Gasteiger partial charge in [-0.2, -0.15) is 0 Å². The van der Waals surface area contributed by atoms with Crippen LogP contribution < -0.4 is 10.6 Å². The molecule has 0 atom stereocenters. The van der Waals surface area contributed by atoms with Crippen molar-refractivity contribution < 1.29 is 0 Å². The number of nitrogens with two attached hydrogens (primary N) is 1. The van der Waals surface area contributed by atoms with Crippen molar-refractivity contribution >= 4 is 11.5 Å². The summed E-state index contributed by atoms with van der Waals surface area (Å²) < 4.78 is 0. The lowest BCUT2D eigenvalue weighted by Crippen LogP contribution is -2.34. The molecule has 0 amide bonds. The fourth-order valence-electron chi connectivity index (χ4n) is 2.58. The van der Waals surface area contributed by atoms with Crippen LogP contribution in [0.4, 0.5) is 11.5 Å². The molecule has 1 heterocycles. The van der Waals surface area contributed by atoms with Crippen LogP contribution in [0.15, 0.2) is 12.3 Å². The molecule has 0 saturated heterocycles. The summed E-state index contributed by atoms with van der Waals surface area (Å²) in [6.07, 6.45) is 7.10. The van der Waals surface area contributed by atoms with Gasteiger partial charge in [-0.3, -0.25) is 0 Å². The van der Waals surface area contributed by atoms with Gasteiger partial charge in [0.2, 0.25) is 0 Å². The summed E-state index contributed by atoms with van der Waals surface area (Å²) in [7, 11) is 0. The lowest BCUT2D eigenvalue weighted by atomic mass is 10.1. The van der Waals surface area contributed by atoms with Gasteiger partial charge in [-0.25, -0.2) is 4.98 Å². The van der Waals surface area contributed by atoms with Gasteiger partial charge in [0.15, 0.2) is 5.82 Å². The van der Waals surface area contributed by atoms with Crippen LogP contribution in [0.25, 0.3) is 0 Å². The molecule has 1 fully saturated rings. The molecule has 0 radical (unpaired) electrons. The van der Waals surface area contributed by atoms with E-state index in [1.807, 2.05) is 19.2 Å².